The minimum Gasteiger partial charge on any atom is -0.0667 e. The summed E-state index contributed by atoms with van der Waals surface area (Å²) in [5, 5.41) is 3.69. The molecule has 2 rings (SSSR count). The number of hydrogen-bond donors (Lipinski definition) is 0. The average Bonchev–Trinajstić information content (AvgIpc) is 2.04. The lowest BCUT2D eigenvalue weighted by atomic mass is 10.1. The Morgan fingerprint density at radius 1 is 0.818 bits per heavy atom. The average molecular weight is 155 g/mol. The van der Waals surface area contributed by atoms with Gasteiger partial charge < -0.3 is 0 Å². The Morgan fingerprint density at radius 2 is 1.55 bits per heavy atom. The van der Waals surface area contributed by atoms with Gasteiger partial charge in [0, 0.05) is 0 Å². The fraction of sp³-hybridized carbons (Fsp3) is 0. The van der Waals surface area contributed by atoms with Gasteiger partial charge in [-0.05, 0) is 10.8 Å². The Labute approximate surface area is 69.3 Å². The molecule has 0 spiro atoms. The first-order valence-corrected chi connectivity index (χ1v) is 4.07. The topological polar surface area (TPSA) is 0 Å². The molecule has 0 heterocycles. The summed E-state index contributed by atoms with van der Waals surface area (Å²) in [6, 6.07) is 14.6. The first kappa shape index (κ1) is 6.62. The molecule has 0 bridgehead atoms. The zero-order valence-corrected chi connectivity index (χ0v) is 7.04. The van der Waals surface area contributed by atoms with Crippen LogP contribution in [0, 0.1) is 0 Å². The molecule has 0 atom stereocenters. The fourth-order valence-corrected chi connectivity index (χ4v) is 1.43. The van der Waals surface area contributed by atoms with Crippen molar-refractivity contribution in [2.75, 3.05) is 0 Å². The maximum absolute atomic E-state index is 3.48. The zero-order valence-electron chi connectivity index (χ0n) is 6.04. The van der Waals surface area contributed by atoms with Crippen molar-refractivity contribution in [3.63, 3.8) is 0 Å². The first-order chi connectivity index (χ1) is 5.36. The molecule has 0 fully saturated rings. The van der Waals surface area contributed by atoms with Gasteiger partial charge in [0.05, 0.1) is 10.2 Å². The van der Waals surface area contributed by atoms with E-state index in [1.54, 1.807) is 0 Å². The molecular formula is C10H7Si. The van der Waals surface area contributed by atoms with E-state index in [9.17, 15) is 0 Å². The summed E-state index contributed by atoms with van der Waals surface area (Å²) in [7, 11) is 3.48. The summed E-state index contributed by atoms with van der Waals surface area (Å²) in [6.45, 7) is 0. The van der Waals surface area contributed by atoms with Crippen molar-refractivity contribution in [3.8, 4) is 0 Å². The molecule has 0 saturated carbocycles. The highest BCUT2D eigenvalue weighted by Crippen LogP contribution is 2.09. The quantitative estimate of drug-likeness (QED) is 0.507. The van der Waals surface area contributed by atoms with Gasteiger partial charge in [0.25, 0.3) is 0 Å². The smallest absolute Gasteiger partial charge is 0.0667 e. The molecule has 0 N–H and O–H groups in total. The van der Waals surface area contributed by atoms with E-state index in [0.717, 1.165) is 5.19 Å². The molecule has 0 unspecified atom stereocenters. The van der Waals surface area contributed by atoms with Gasteiger partial charge in [-0.25, -0.2) is 0 Å². The summed E-state index contributed by atoms with van der Waals surface area (Å²) >= 11 is 0. The molecule has 0 aliphatic rings. The van der Waals surface area contributed by atoms with Crippen molar-refractivity contribution in [2.45, 2.75) is 0 Å². The molecule has 51 valence electrons. The van der Waals surface area contributed by atoms with Gasteiger partial charge in [0.1, 0.15) is 0 Å². The number of hydrogen-bond acceptors (Lipinski definition) is 0. The van der Waals surface area contributed by atoms with Crippen LogP contribution in [0.5, 0.6) is 0 Å². The Morgan fingerprint density at radius 3 is 2.36 bits per heavy atom. The third-order valence-corrected chi connectivity index (χ3v) is 2.06. The fourth-order valence-electron chi connectivity index (χ4n) is 1.19. The van der Waals surface area contributed by atoms with Crippen LogP contribution in [0.1, 0.15) is 0 Å². The predicted octanol–water partition coefficient (Wildman–Crippen LogP) is 1.63. The Kier molecular flexibility index (Phi) is 1.51. The molecule has 2 aromatic carbocycles. The third kappa shape index (κ3) is 1.19. The molecule has 11 heavy (non-hydrogen) atoms. The van der Waals surface area contributed by atoms with Crippen molar-refractivity contribution in [1.29, 1.82) is 0 Å². The number of benzene rings is 2. The van der Waals surface area contributed by atoms with Crippen LogP contribution >= 0.6 is 0 Å². The van der Waals surface area contributed by atoms with Crippen molar-refractivity contribution in [3.05, 3.63) is 42.5 Å². The van der Waals surface area contributed by atoms with Crippen LogP contribution in [0.4, 0.5) is 0 Å². The number of rotatable bonds is 0. The van der Waals surface area contributed by atoms with E-state index in [1.165, 1.54) is 10.8 Å². The lowest BCUT2D eigenvalue weighted by molar-refractivity contribution is 1.78. The van der Waals surface area contributed by atoms with E-state index >= 15 is 0 Å². The maximum atomic E-state index is 3.48. The first-order valence-electron chi connectivity index (χ1n) is 3.57. The van der Waals surface area contributed by atoms with Crippen LogP contribution in [-0.2, 0) is 0 Å². The maximum Gasteiger partial charge on any atom is 0.0712 e. The lowest BCUT2D eigenvalue weighted by Crippen LogP contribution is -1.99. The third-order valence-electron chi connectivity index (χ3n) is 1.75. The molecule has 0 amide bonds. The Balaban J connectivity index is 2.83. The van der Waals surface area contributed by atoms with E-state index in [2.05, 4.69) is 46.6 Å². The highest BCUT2D eigenvalue weighted by molar-refractivity contribution is 6.33. The van der Waals surface area contributed by atoms with Gasteiger partial charge >= 0.3 is 0 Å². The molecule has 3 radical (unpaired) electrons. The van der Waals surface area contributed by atoms with Gasteiger partial charge in [-0.2, -0.15) is 0 Å². The molecular weight excluding hydrogens is 148 g/mol. The standard InChI is InChI=1S/C10H7Si/c11-10-6-5-8-3-1-2-4-9(8)7-10/h1-7H. The van der Waals surface area contributed by atoms with Gasteiger partial charge in [0.2, 0.25) is 0 Å². The van der Waals surface area contributed by atoms with Crippen LogP contribution in [0.25, 0.3) is 10.8 Å². The molecule has 0 nitrogen and oxygen atoms in total. The van der Waals surface area contributed by atoms with Gasteiger partial charge in [-0.3, -0.25) is 0 Å². The number of fused-ring (bicyclic) bond motifs is 1. The minimum atomic E-state index is 1.13. The predicted molar refractivity (Wildman–Crippen MR) is 49.3 cm³/mol. The van der Waals surface area contributed by atoms with Crippen LogP contribution in [0.15, 0.2) is 42.5 Å². The SMILES string of the molecule is [Si]c1ccc2ccccc2c1. The monoisotopic (exact) mass is 155 g/mol. The van der Waals surface area contributed by atoms with Crippen LogP contribution in [0.3, 0.4) is 0 Å². The van der Waals surface area contributed by atoms with Gasteiger partial charge in [-0.1, -0.05) is 47.7 Å². The zero-order chi connectivity index (χ0) is 7.68. The molecule has 0 aliphatic carbocycles. The van der Waals surface area contributed by atoms with Gasteiger partial charge in [0.15, 0.2) is 0 Å². The highest BCUT2D eigenvalue weighted by atomic mass is 28.1. The second kappa shape index (κ2) is 2.51. The molecule has 0 aliphatic heterocycles. The molecule has 2 aromatic rings. The van der Waals surface area contributed by atoms with E-state index in [4.69, 9.17) is 0 Å². The summed E-state index contributed by atoms with van der Waals surface area (Å²) in [5.74, 6) is 0. The van der Waals surface area contributed by atoms with E-state index in [0.29, 0.717) is 0 Å². The minimum absolute atomic E-state index is 1.13. The van der Waals surface area contributed by atoms with E-state index in [-0.39, 0.29) is 0 Å². The second-order valence-electron chi connectivity index (χ2n) is 2.56. The highest BCUT2D eigenvalue weighted by Gasteiger charge is 1.89. The summed E-state index contributed by atoms with van der Waals surface area (Å²) < 4.78 is 0. The van der Waals surface area contributed by atoms with Gasteiger partial charge in [-0.15, -0.1) is 0 Å². The summed E-state index contributed by atoms with van der Waals surface area (Å²) in [4.78, 5) is 0. The van der Waals surface area contributed by atoms with Crippen LogP contribution < -0.4 is 5.19 Å². The summed E-state index contributed by atoms with van der Waals surface area (Å²) in [6.07, 6.45) is 0. The summed E-state index contributed by atoms with van der Waals surface area (Å²) in [5.41, 5.74) is 0. The van der Waals surface area contributed by atoms with E-state index < -0.39 is 0 Å². The van der Waals surface area contributed by atoms with Crippen molar-refractivity contribution < 1.29 is 0 Å². The molecule has 0 saturated heterocycles. The van der Waals surface area contributed by atoms with Crippen molar-refractivity contribution in [1.82, 2.24) is 0 Å². The lowest BCUT2D eigenvalue weighted by Gasteiger charge is -1.96. The van der Waals surface area contributed by atoms with Crippen LogP contribution in [0.2, 0.25) is 0 Å². The normalized spacial score (nSPS) is 10.3. The van der Waals surface area contributed by atoms with E-state index in [1.807, 2.05) is 6.07 Å². The van der Waals surface area contributed by atoms with Crippen molar-refractivity contribution in [2.24, 2.45) is 0 Å². The Bertz CT molecular complexity index is 379. The van der Waals surface area contributed by atoms with Crippen LogP contribution in [-0.4, -0.2) is 10.2 Å². The second-order valence-corrected chi connectivity index (χ2v) is 3.14. The Hall–Kier alpha value is -1.08. The molecule has 0 aromatic heterocycles. The van der Waals surface area contributed by atoms with Crippen molar-refractivity contribution >= 4 is 26.2 Å². The molecule has 1 heteroatoms. The largest absolute Gasteiger partial charge is 0.0712 e.